The van der Waals surface area contributed by atoms with Crippen molar-refractivity contribution in [2.75, 3.05) is 6.26 Å². The van der Waals surface area contributed by atoms with Crippen molar-refractivity contribution >= 4 is 34.6 Å². The molecule has 0 aliphatic carbocycles. The summed E-state index contributed by atoms with van der Waals surface area (Å²) >= 11 is 3.36. The monoisotopic (exact) mass is 319 g/mol. The maximum absolute atomic E-state index is 6.05. The molecule has 3 N–H and O–H groups in total. The molecule has 3 nitrogen and oxygen atoms in total. The summed E-state index contributed by atoms with van der Waals surface area (Å²) in [6.45, 7) is 5.14. The molecule has 1 aromatic carbocycles. The Morgan fingerprint density at radius 2 is 2.19 bits per heavy atom. The smallest absolute Gasteiger partial charge is 0.141 e. The fraction of sp³-hybridized carbons (Fsp3) is 0.312. The van der Waals surface area contributed by atoms with Crippen molar-refractivity contribution < 1.29 is 0 Å². The Morgan fingerprint density at radius 1 is 1.38 bits per heavy atom. The lowest BCUT2D eigenvalue weighted by Gasteiger charge is -2.12. The highest BCUT2D eigenvalue weighted by molar-refractivity contribution is 7.98. The maximum atomic E-state index is 6.05. The highest BCUT2D eigenvalue weighted by Gasteiger charge is 2.05. The standard InChI is InChI=1S/C16H21N3S2/c1-11(2)18-10-12-9-13(6-7-14(12)20-3)19-16(17)15-5-4-8-21-15/h4-9,11,18H,10H2,1-3H3,(H2,17,19). The number of hydrogen-bond acceptors (Lipinski definition) is 4. The van der Waals surface area contributed by atoms with Crippen LogP contribution in [-0.2, 0) is 6.54 Å². The minimum atomic E-state index is 0.461. The molecule has 0 fully saturated rings. The summed E-state index contributed by atoms with van der Waals surface area (Å²) in [5.41, 5.74) is 8.22. The quantitative estimate of drug-likeness (QED) is 0.480. The fourth-order valence-corrected chi connectivity index (χ4v) is 3.13. The van der Waals surface area contributed by atoms with Crippen LogP contribution in [0.25, 0.3) is 0 Å². The third kappa shape index (κ3) is 4.59. The number of thiophene rings is 1. The van der Waals surface area contributed by atoms with Crippen molar-refractivity contribution in [2.45, 2.75) is 31.3 Å². The number of nitrogens with one attached hydrogen (secondary N) is 1. The molecule has 2 rings (SSSR count). The first-order chi connectivity index (χ1) is 10.1. The zero-order valence-corrected chi connectivity index (χ0v) is 14.2. The number of nitrogens with zero attached hydrogens (tertiary/aromatic N) is 1. The fourth-order valence-electron chi connectivity index (χ4n) is 1.91. The third-order valence-electron chi connectivity index (χ3n) is 2.99. The Balaban J connectivity index is 2.24. The van der Waals surface area contributed by atoms with E-state index >= 15 is 0 Å². The molecule has 2 aromatic rings. The lowest BCUT2D eigenvalue weighted by atomic mass is 10.2. The van der Waals surface area contributed by atoms with Crippen LogP contribution in [0.4, 0.5) is 5.69 Å². The van der Waals surface area contributed by atoms with Crippen LogP contribution in [0.1, 0.15) is 24.3 Å². The van der Waals surface area contributed by atoms with Crippen LogP contribution in [0.5, 0.6) is 0 Å². The molecule has 0 saturated carbocycles. The minimum Gasteiger partial charge on any atom is -0.383 e. The Hall–Kier alpha value is -1.30. The van der Waals surface area contributed by atoms with Crippen LogP contribution >= 0.6 is 23.1 Å². The molecule has 0 saturated heterocycles. The van der Waals surface area contributed by atoms with Crippen LogP contribution in [0.3, 0.4) is 0 Å². The average molecular weight is 319 g/mol. The molecule has 0 aliphatic heterocycles. The summed E-state index contributed by atoms with van der Waals surface area (Å²) in [7, 11) is 0. The topological polar surface area (TPSA) is 50.4 Å². The van der Waals surface area contributed by atoms with E-state index in [0.29, 0.717) is 11.9 Å². The summed E-state index contributed by atoms with van der Waals surface area (Å²) in [4.78, 5) is 6.81. The number of thioether (sulfide) groups is 1. The molecule has 112 valence electrons. The largest absolute Gasteiger partial charge is 0.383 e. The van der Waals surface area contributed by atoms with E-state index in [9.17, 15) is 0 Å². The van der Waals surface area contributed by atoms with E-state index < -0.39 is 0 Å². The van der Waals surface area contributed by atoms with Gasteiger partial charge in [-0.2, -0.15) is 0 Å². The van der Waals surface area contributed by atoms with E-state index in [2.05, 4.69) is 42.5 Å². The number of aliphatic imine (C=N–C) groups is 1. The number of hydrogen-bond donors (Lipinski definition) is 2. The first-order valence-electron chi connectivity index (χ1n) is 6.88. The molecular weight excluding hydrogens is 298 g/mol. The summed E-state index contributed by atoms with van der Waals surface area (Å²) in [5, 5.41) is 5.46. The van der Waals surface area contributed by atoms with E-state index in [1.807, 2.05) is 23.6 Å². The second kappa shape index (κ2) is 7.64. The van der Waals surface area contributed by atoms with Gasteiger partial charge >= 0.3 is 0 Å². The molecule has 0 radical (unpaired) electrons. The Kier molecular flexibility index (Phi) is 5.85. The zero-order chi connectivity index (χ0) is 15.2. The van der Waals surface area contributed by atoms with Crippen molar-refractivity contribution in [2.24, 2.45) is 10.7 Å². The van der Waals surface area contributed by atoms with Gasteiger partial charge in [0.25, 0.3) is 0 Å². The second-order valence-electron chi connectivity index (χ2n) is 5.01. The van der Waals surface area contributed by atoms with Gasteiger partial charge in [-0.3, -0.25) is 0 Å². The summed E-state index contributed by atoms with van der Waals surface area (Å²) < 4.78 is 0. The second-order valence-corrected chi connectivity index (χ2v) is 6.80. The maximum Gasteiger partial charge on any atom is 0.141 e. The molecule has 5 heteroatoms. The molecule has 1 heterocycles. The van der Waals surface area contributed by atoms with Crippen molar-refractivity contribution in [1.29, 1.82) is 0 Å². The van der Waals surface area contributed by atoms with Crippen molar-refractivity contribution in [3.63, 3.8) is 0 Å². The molecule has 0 amide bonds. The van der Waals surface area contributed by atoms with Crippen molar-refractivity contribution in [3.8, 4) is 0 Å². The van der Waals surface area contributed by atoms with Gasteiger partial charge in [0.15, 0.2) is 0 Å². The summed E-state index contributed by atoms with van der Waals surface area (Å²) in [5.74, 6) is 0.574. The van der Waals surface area contributed by atoms with Crippen molar-refractivity contribution in [3.05, 3.63) is 46.2 Å². The van der Waals surface area contributed by atoms with E-state index in [-0.39, 0.29) is 0 Å². The Morgan fingerprint density at radius 3 is 2.81 bits per heavy atom. The van der Waals surface area contributed by atoms with Crippen LogP contribution in [-0.4, -0.2) is 18.1 Å². The zero-order valence-electron chi connectivity index (χ0n) is 12.6. The number of rotatable bonds is 6. The molecular formula is C16H21N3S2. The highest BCUT2D eigenvalue weighted by Crippen LogP contribution is 2.26. The summed E-state index contributed by atoms with van der Waals surface area (Å²) in [6.07, 6.45) is 2.09. The minimum absolute atomic E-state index is 0.461. The number of benzene rings is 1. The average Bonchev–Trinajstić information content (AvgIpc) is 2.99. The molecule has 1 aromatic heterocycles. The van der Waals surface area contributed by atoms with Gasteiger partial charge in [0.05, 0.1) is 10.6 Å². The summed E-state index contributed by atoms with van der Waals surface area (Å²) in [6, 6.07) is 10.7. The molecule has 0 unspecified atom stereocenters. The molecule has 21 heavy (non-hydrogen) atoms. The Labute approximate surface area is 134 Å². The van der Waals surface area contributed by atoms with E-state index in [0.717, 1.165) is 17.1 Å². The molecule has 0 bridgehead atoms. The first kappa shape index (κ1) is 16.1. The third-order valence-corrected chi connectivity index (χ3v) is 4.72. The molecule has 0 aliphatic rings. The lowest BCUT2D eigenvalue weighted by Crippen LogP contribution is -2.22. The Bertz CT molecular complexity index is 604. The van der Waals surface area contributed by atoms with Gasteiger partial charge in [0.1, 0.15) is 5.84 Å². The van der Waals surface area contributed by atoms with Gasteiger partial charge in [0.2, 0.25) is 0 Å². The van der Waals surface area contributed by atoms with Gasteiger partial charge in [-0.15, -0.1) is 23.1 Å². The first-order valence-corrected chi connectivity index (χ1v) is 8.99. The van der Waals surface area contributed by atoms with Crippen LogP contribution in [0.15, 0.2) is 45.6 Å². The van der Waals surface area contributed by atoms with E-state index in [1.54, 1.807) is 23.1 Å². The van der Waals surface area contributed by atoms with Crippen LogP contribution in [0, 0.1) is 0 Å². The molecule has 0 spiro atoms. The van der Waals surface area contributed by atoms with E-state index in [1.165, 1.54) is 10.5 Å². The number of nitrogens with two attached hydrogens (primary N) is 1. The SMILES string of the molecule is CSc1ccc(N=C(N)c2cccs2)cc1CNC(C)C. The predicted octanol–water partition coefficient (Wildman–Crippen LogP) is 4.01. The van der Waals surface area contributed by atoms with Crippen molar-refractivity contribution in [1.82, 2.24) is 5.32 Å². The van der Waals surface area contributed by atoms with E-state index in [4.69, 9.17) is 5.73 Å². The van der Waals surface area contributed by atoms with Gasteiger partial charge in [0, 0.05) is 17.5 Å². The predicted molar refractivity (Wildman–Crippen MR) is 94.9 cm³/mol. The van der Waals surface area contributed by atoms with Gasteiger partial charge < -0.3 is 11.1 Å². The van der Waals surface area contributed by atoms with Crippen LogP contribution < -0.4 is 11.1 Å². The number of amidine groups is 1. The lowest BCUT2D eigenvalue weighted by molar-refractivity contribution is 0.585. The highest BCUT2D eigenvalue weighted by atomic mass is 32.2. The van der Waals surface area contributed by atoms with Crippen LogP contribution in [0.2, 0.25) is 0 Å². The molecule has 0 atom stereocenters. The van der Waals surface area contributed by atoms with Gasteiger partial charge in [-0.1, -0.05) is 19.9 Å². The van der Waals surface area contributed by atoms with Gasteiger partial charge in [-0.25, -0.2) is 4.99 Å². The normalized spacial score (nSPS) is 12.1. The van der Waals surface area contributed by atoms with Gasteiger partial charge in [-0.05, 0) is 41.5 Å².